The van der Waals surface area contributed by atoms with Gasteiger partial charge in [-0.1, -0.05) is 306 Å². The average Bonchev–Trinajstić information content (AvgIpc) is 3.56. The highest BCUT2D eigenvalue weighted by Gasteiger charge is 2.30. The van der Waals surface area contributed by atoms with Crippen molar-refractivity contribution in [1.82, 2.24) is 0 Å². The molecule has 0 aromatic heterocycles. The van der Waals surface area contributed by atoms with Crippen LogP contribution in [0.3, 0.4) is 0 Å². The van der Waals surface area contributed by atoms with Crippen molar-refractivity contribution in [3.8, 4) is 0 Å². The lowest BCUT2D eigenvalue weighted by molar-refractivity contribution is -0.161. The summed E-state index contributed by atoms with van der Waals surface area (Å²) in [6.07, 6.45) is 44.5. The second kappa shape index (κ2) is 61.6. The zero-order valence-electron chi connectivity index (χ0n) is 59.5. The van der Waals surface area contributed by atoms with Gasteiger partial charge in [0.25, 0.3) is 0 Å². The Morgan fingerprint density at radius 1 is 0.308 bits per heavy atom. The molecule has 0 saturated carbocycles. The molecule has 19 heteroatoms. The summed E-state index contributed by atoms with van der Waals surface area (Å²) >= 11 is 0. The maximum Gasteiger partial charge on any atom is 0.472 e. The molecule has 540 valence electrons. The summed E-state index contributed by atoms with van der Waals surface area (Å²) in [5.41, 5.74) is 0. The third-order valence-electron chi connectivity index (χ3n) is 17.3. The maximum atomic E-state index is 13.0. The van der Waals surface area contributed by atoms with Crippen LogP contribution in [0, 0.1) is 23.7 Å². The number of hydrogen-bond acceptors (Lipinski definition) is 15. The molecular formula is C72H140O17P2. The largest absolute Gasteiger partial charge is 0.472 e. The highest BCUT2D eigenvalue weighted by atomic mass is 31.2. The zero-order valence-corrected chi connectivity index (χ0v) is 61.3. The standard InChI is InChI=1S/C72H140O17P2/c1-9-64(7)50-42-34-26-20-15-13-11-12-14-16-21-27-38-46-54-71(76)89-68(59-83-70(75)53-45-37-31-30-35-43-51-65(8)10-2)61-87-91(80,81)85-57-66(73)56-84-90(78,79)86-60-67(58-82-69(74)52-44-36-29-23-25-33-41-49-63(5)6)88-72(77)55-47-39-28-22-18-17-19-24-32-40-48-62(3)4/h62-68,73H,9-61H2,1-8H3,(H,78,79)(H,80,81)/t64?,65?,66-,67-,68-/m1/s1. The molecule has 0 bridgehead atoms. The SMILES string of the molecule is CCC(C)CCCCCCCCCCCCCCCCC(=O)O[C@H](COC(=O)CCCCCCCCC(C)CC)COP(=O)(O)OC[C@H](O)COP(=O)(O)OC[C@@H](COC(=O)CCCCCCCCCC(C)C)OC(=O)CCCCCCCCCCCCC(C)C. The molecule has 0 aromatic carbocycles. The number of aliphatic hydroxyl groups excluding tert-OH is 1. The number of esters is 4. The average molecular weight is 1340 g/mol. The summed E-state index contributed by atoms with van der Waals surface area (Å²) in [5.74, 6) is 0.905. The fourth-order valence-electron chi connectivity index (χ4n) is 10.8. The van der Waals surface area contributed by atoms with Gasteiger partial charge >= 0.3 is 39.5 Å². The molecule has 91 heavy (non-hydrogen) atoms. The fourth-order valence-corrected chi connectivity index (χ4v) is 12.4. The molecule has 0 heterocycles. The van der Waals surface area contributed by atoms with Gasteiger partial charge in [0.05, 0.1) is 26.4 Å². The molecule has 3 N–H and O–H groups in total. The van der Waals surface area contributed by atoms with Crippen molar-refractivity contribution in [1.29, 1.82) is 0 Å². The van der Waals surface area contributed by atoms with Gasteiger partial charge in [-0.15, -0.1) is 0 Å². The number of unbranched alkanes of at least 4 members (excludes halogenated alkanes) is 33. The van der Waals surface area contributed by atoms with E-state index < -0.39 is 97.5 Å². The minimum atomic E-state index is -4.95. The number of ether oxygens (including phenoxy) is 4. The molecular weight excluding hydrogens is 1200 g/mol. The minimum Gasteiger partial charge on any atom is -0.462 e. The van der Waals surface area contributed by atoms with Crippen molar-refractivity contribution in [2.45, 2.75) is 375 Å². The predicted octanol–water partition coefficient (Wildman–Crippen LogP) is 20.5. The fraction of sp³-hybridized carbons (Fsp3) is 0.944. The Labute approximate surface area is 556 Å². The highest BCUT2D eigenvalue weighted by molar-refractivity contribution is 7.47. The first-order valence-corrected chi connectivity index (χ1v) is 40.3. The van der Waals surface area contributed by atoms with Gasteiger partial charge in [0, 0.05) is 25.7 Å². The van der Waals surface area contributed by atoms with Gasteiger partial charge < -0.3 is 33.8 Å². The van der Waals surface area contributed by atoms with Crippen molar-refractivity contribution in [2.24, 2.45) is 23.7 Å². The van der Waals surface area contributed by atoms with E-state index in [1.165, 1.54) is 148 Å². The molecule has 0 fully saturated rings. The van der Waals surface area contributed by atoms with Crippen molar-refractivity contribution in [2.75, 3.05) is 39.6 Å². The first-order valence-electron chi connectivity index (χ1n) is 37.3. The van der Waals surface area contributed by atoms with Crippen LogP contribution in [0.2, 0.25) is 0 Å². The van der Waals surface area contributed by atoms with Gasteiger partial charge in [-0.05, 0) is 49.4 Å². The first-order chi connectivity index (χ1) is 43.7. The van der Waals surface area contributed by atoms with Crippen LogP contribution < -0.4 is 0 Å². The summed E-state index contributed by atoms with van der Waals surface area (Å²) < 4.78 is 68.3. The number of aliphatic hydroxyl groups is 1. The van der Waals surface area contributed by atoms with E-state index in [0.717, 1.165) is 120 Å². The summed E-state index contributed by atoms with van der Waals surface area (Å²) in [7, 11) is -9.91. The van der Waals surface area contributed by atoms with Crippen LogP contribution in [-0.4, -0.2) is 96.7 Å². The normalized spacial score (nSPS) is 14.8. The van der Waals surface area contributed by atoms with Gasteiger partial charge in [-0.25, -0.2) is 9.13 Å². The molecule has 0 aromatic rings. The van der Waals surface area contributed by atoms with Crippen molar-refractivity contribution < 1.29 is 80.2 Å². The molecule has 4 unspecified atom stereocenters. The second-order valence-corrected chi connectivity index (χ2v) is 30.3. The van der Waals surface area contributed by atoms with Crippen LogP contribution in [0.5, 0.6) is 0 Å². The minimum absolute atomic E-state index is 0.105. The smallest absolute Gasteiger partial charge is 0.462 e. The van der Waals surface area contributed by atoms with Gasteiger partial charge in [-0.3, -0.25) is 37.3 Å². The van der Waals surface area contributed by atoms with Crippen LogP contribution in [0.4, 0.5) is 0 Å². The van der Waals surface area contributed by atoms with Crippen LogP contribution in [-0.2, 0) is 65.4 Å². The Hall–Kier alpha value is -1.94. The third kappa shape index (κ3) is 63.9. The second-order valence-electron chi connectivity index (χ2n) is 27.4. The molecule has 0 rings (SSSR count). The van der Waals surface area contributed by atoms with E-state index >= 15 is 0 Å². The summed E-state index contributed by atoms with van der Waals surface area (Å²) in [4.78, 5) is 72.6. The van der Waals surface area contributed by atoms with Crippen molar-refractivity contribution in [3.05, 3.63) is 0 Å². The van der Waals surface area contributed by atoms with Crippen molar-refractivity contribution in [3.63, 3.8) is 0 Å². The number of carbonyl (C=O) groups is 4. The summed E-state index contributed by atoms with van der Waals surface area (Å²) in [5, 5.41) is 10.6. The van der Waals surface area contributed by atoms with Gasteiger partial charge in [0.2, 0.25) is 0 Å². The molecule has 0 aliphatic heterocycles. The maximum absolute atomic E-state index is 13.0. The van der Waals surface area contributed by atoms with Crippen LogP contribution in [0.15, 0.2) is 0 Å². The van der Waals surface area contributed by atoms with Crippen LogP contribution >= 0.6 is 15.6 Å². The number of phosphoric acid groups is 2. The van der Waals surface area contributed by atoms with Gasteiger partial charge in [0.1, 0.15) is 19.3 Å². The van der Waals surface area contributed by atoms with Gasteiger partial charge in [0.15, 0.2) is 12.2 Å². The number of rotatable bonds is 69. The lowest BCUT2D eigenvalue weighted by atomic mass is 9.99. The monoisotopic (exact) mass is 1340 g/mol. The topological polar surface area (TPSA) is 237 Å². The molecule has 17 nitrogen and oxygen atoms in total. The van der Waals surface area contributed by atoms with E-state index in [1.54, 1.807) is 0 Å². The van der Waals surface area contributed by atoms with E-state index in [2.05, 4.69) is 55.4 Å². The van der Waals surface area contributed by atoms with E-state index in [0.29, 0.717) is 31.6 Å². The number of phosphoric ester groups is 2. The molecule has 7 atom stereocenters. The Balaban J connectivity index is 5.23. The Bertz CT molecular complexity index is 1800. The molecule has 0 aliphatic rings. The lowest BCUT2D eigenvalue weighted by Gasteiger charge is -2.21. The first kappa shape index (κ1) is 89.1. The molecule has 0 amide bonds. The summed E-state index contributed by atoms with van der Waals surface area (Å²) in [6.45, 7) is 14.1. The van der Waals surface area contributed by atoms with Crippen LogP contribution in [0.1, 0.15) is 357 Å². The predicted molar refractivity (Wildman–Crippen MR) is 367 cm³/mol. The zero-order chi connectivity index (χ0) is 67.5. The van der Waals surface area contributed by atoms with E-state index in [9.17, 15) is 43.2 Å². The van der Waals surface area contributed by atoms with E-state index in [-0.39, 0.29) is 25.7 Å². The van der Waals surface area contributed by atoms with Crippen molar-refractivity contribution >= 4 is 39.5 Å². The molecule has 0 aliphatic carbocycles. The highest BCUT2D eigenvalue weighted by Crippen LogP contribution is 2.45. The molecule has 0 saturated heterocycles. The van der Waals surface area contributed by atoms with Crippen LogP contribution in [0.25, 0.3) is 0 Å². The Kier molecular flexibility index (Phi) is 60.3. The third-order valence-corrected chi connectivity index (χ3v) is 19.2. The molecule has 0 radical (unpaired) electrons. The van der Waals surface area contributed by atoms with E-state index in [1.807, 2.05) is 0 Å². The number of carbonyl (C=O) groups excluding carboxylic acids is 4. The summed E-state index contributed by atoms with van der Waals surface area (Å²) in [6, 6.07) is 0. The molecule has 0 spiro atoms. The van der Waals surface area contributed by atoms with E-state index in [4.69, 9.17) is 37.0 Å². The lowest BCUT2D eigenvalue weighted by Crippen LogP contribution is -2.30. The van der Waals surface area contributed by atoms with Gasteiger partial charge in [-0.2, -0.15) is 0 Å². The number of hydrogen-bond donors (Lipinski definition) is 3. The Morgan fingerprint density at radius 3 is 0.780 bits per heavy atom. The quantitative estimate of drug-likeness (QED) is 0.0222. The Morgan fingerprint density at radius 2 is 0.527 bits per heavy atom.